The van der Waals surface area contributed by atoms with E-state index >= 15 is 0 Å². The van der Waals surface area contributed by atoms with Crippen molar-refractivity contribution in [2.45, 2.75) is 25.2 Å². The largest absolute Gasteiger partial charge is 0.325 e. The van der Waals surface area contributed by atoms with Crippen molar-refractivity contribution in [3.05, 3.63) is 64.4 Å². The Bertz CT molecular complexity index is 686. The quantitative estimate of drug-likeness (QED) is 0.886. The smallest absolute Gasteiger partial charge is 0.225 e. The van der Waals surface area contributed by atoms with Gasteiger partial charge in [-0.25, -0.2) is 4.39 Å². The van der Waals surface area contributed by atoms with Crippen LogP contribution in [0.15, 0.2) is 42.5 Å². The van der Waals surface area contributed by atoms with Gasteiger partial charge in [0, 0.05) is 6.42 Å². The molecule has 108 valence electrons. The number of amides is 1. The van der Waals surface area contributed by atoms with E-state index in [0.29, 0.717) is 12.1 Å². The topological polar surface area (TPSA) is 29.1 Å². The molecule has 4 heteroatoms. The van der Waals surface area contributed by atoms with E-state index < -0.39 is 5.82 Å². The molecule has 1 N–H and O–H groups in total. The standard InChI is InChI=1S/C17H15ClFNO/c18-15-10-13(19)7-8-16(15)20-17(21)9-12-6-5-11-3-1-2-4-14(11)12/h1-4,7-8,10,12H,5-6,9H2,(H,20,21). The van der Waals surface area contributed by atoms with Crippen LogP contribution in [0, 0.1) is 5.82 Å². The number of hydrogen-bond donors (Lipinski definition) is 1. The van der Waals surface area contributed by atoms with Gasteiger partial charge in [-0.15, -0.1) is 0 Å². The molecule has 3 rings (SSSR count). The zero-order chi connectivity index (χ0) is 14.8. The lowest BCUT2D eigenvalue weighted by atomic mass is 9.97. The molecular formula is C17H15ClFNO. The molecule has 2 aromatic carbocycles. The van der Waals surface area contributed by atoms with E-state index in [1.807, 2.05) is 12.1 Å². The number of hydrogen-bond acceptors (Lipinski definition) is 1. The molecule has 0 heterocycles. The highest BCUT2D eigenvalue weighted by atomic mass is 35.5. The summed E-state index contributed by atoms with van der Waals surface area (Å²) in [4.78, 5) is 12.2. The van der Waals surface area contributed by atoms with Crippen LogP contribution in [0.2, 0.25) is 5.02 Å². The van der Waals surface area contributed by atoms with Gasteiger partial charge < -0.3 is 5.32 Å². The molecule has 0 aromatic heterocycles. The highest BCUT2D eigenvalue weighted by Crippen LogP contribution is 2.35. The number of aryl methyl sites for hydroxylation is 1. The third kappa shape index (κ3) is 3.08. The first-order valence-electron chi connectivity index (χ1n) is 6.96. The minimum atomic E-state index is -0.414. The first-order valence-corrected chi connectivity index (χ1v) is 7.34. The monoisotopic (exact) mass is 303 g/mol. The molecule has 2 aromatic rings. The molecule has 0 saturated carbocycles. The van der Waals surface area contributed by atoms with E-state index in [4.69, 9.17) is 11.6 Å². The van der Waals surface area contributed by atoms with Crippen molar-refractivity contribution in [2.24, 2.45) is 0 Å². The molecule has 21 heavy (non-hydrogen) atoms. The van der Waals surface area contributed by atoms with Crippen molar-refractivity contribution < 1.29 is 9.18 Å². The summed E-state index contributed by atoms with van der Waals surface area (Å²) in [5, 5.41) is 2.98. The van der Waals surface area contributed by atoms with Crippen LogP contribution in [0.5, 0.6) is 0 Å². The minimum Gasteiger partial charge on any atom is -0.325 e. The molecule has 1 aliphatic rings. The fraction of sp³-hybridized carbons (Fsp3) is 0.235. The van der Waals surface area contributed by atoms with Crippen LogP contribution in [0.4, 0.5) is 10.1 Å². The molecule has 1 atom stereocenters. The summed E-state index contributed by atoms with van der Waals surface area (Å²) in [5.41, 5.74) is 3.04. The molecule has 0 saturated heterocycles. The lowest BCUT2D eigenvalue weighted by Gasteiger charge is -2.12. The van der Waals surface area contributed by atoms with Gasteiger partial charge in [-0.1, -0.05) is 35.9 Å². The van der Waals surface area contributed by atoms with Crippen LogP contribution in [0.25, 0.3) is 0 Å². The Balaban J connectivity index is 1.68. The number of fused-ring (bicyclic) bond motifs is 1. The molecule has 0 radical (unpaired) electrons. The van der Waals surface area contributed by atoms with Gasteiger partial charge in [-0.3, -0.25) is 4.79 Å². The second kappa shape index (κ2) is 5.86. The van der Waals surface area contributed by atoms with E-state index in [1.165, 1.54) is 29.3 Å². The van der Waals surface area contributed by atoms with E-state index in [-0.39, 0.29) is 16.8 Å². The molecule has 0 aliphatic heterocycles. The van der Waals surface area contributed by atoms with Crippen molar-refractivity contribution in [2.75, 3.05) is 5.32 Å². The number of nitrogens with one attached hydrogen (secondary N) is 1. The van der Waals surface area contributed by atoms with Gasteiger partial charge in [-0.2, -0.15) is 0 Å². The van der Waals surface area contributed by atoms with Gasteiger partial charge in [-0.05, 0) is 48.1 Å². The number of benzene rings is 2. The molecule has 0 fully saturated rings. The Hall–Kier alpha value is -1.87. The SMILES string of the molecule is O=C(CC1CCc2ccccc21)Nc1ccc(F)cc1Cl. The van der Waals surface area contributed by atoms with Crippen LogP contribution in [0.3, 0.4) is 0 Å². The predicted molar refractivity (Wildman–Crippen MR) is 82.2 cm³/mol. The zero-order valence-corrected chi connectivity index (χ0v) is 12.2. The van der Waals surface area contributed by atoms with Crippen LogP contribution < -0.4 is 5.32 Å². The Morgan fingerprint density at radius 2 is 2.10 bits per heavy atom. The molecule has 0 bridgehead atoms. The van der Waals surface area contributed by atoms with Gasteiger partial charge in [0.2, 0.25) is 5.91 Å². The lowest BCUT2D eigenvalue weighted by Crippen LogP contribution is -2.15. The number of rotatable bonds is 3. The van der Waals surface area contributed by atoms with E-state index in [0.717, 1.165) is 12.8 Å². The fourth-order valence-electron chi connectivity index (χ4n) is 2.87. The first-order chi connectivity index (χ1) is 10.1. The maximum absolute atomic E-state index is 13.0. The third-order valence-corrected chi connectivity index (χ3v) is 4.21. The molecule has 0 spiro atoms. The Morgan fingerprint density at radius 3 is 2.90 bits per heavy atom. The van der Waals surface area contributed by atoms with Crippen molar-refractivity contribution in [1.82, 2.24) is 0 Å². The van der Waals surface area contributed by atoms with E-state index in [1.54, 1.807) is 0 Å². The maximum atomic E-state index is 13.0. The van der Waals surface area contributed by atoms with E-state index in [9.17, 15) is 9.18 Å². The normalized spacial score (nSPS) is 16.6. The molecule has 1 unspecified atom stereocenters. The van der Waals surface area contributed by atoms with Crippen LogP contribution in [-0.4, -0.2) is 5.91 Å². The number of anilines is 1. The number of halogens is 2. The van der Waals surface area contributed by atoms with Crippen molar-refractivity contribution >= 4 is 23.2 Å². The Kier molecular flexibility index (Phi) is 3.93. The second-order valence-corrected chi connectivity index (χ2v) is 5.72. The average molecular weight is 304 g/mol. The van der Waals surface area contributed by atoms with Gasteiger partial charge in [0.05, 0.1) is 10.7 Å². The number of carbonyl (C=O) groups excluding carboxylic acids is 1. The summed E-state index contributed by atoms with van der Waals surface area (Å²) in [7, 11) is 0. The highest BCUT2D eigenvalue weighted by Gasteiger charge is 2.24. The summed E-state index contributed by atoms with van der Waals surface area (Å²) in [6, 6.07) is 12.2. The van der Waals surface area contributed by atoms with Crippen LogP contribution >= 0.6 is 11.6 Å². The van der Waals surface area contributed by atoms with Gasteiger partial charge in [0.15, 0.2) is 0 Å². The summed E-state index contributed by atoms with van der Waals surface area (Å²) in [6.07, 6.45) is 2.43. The molecule has 2 nitrogen and oxygen atoms in total. The predicted octanol–water partition coefficient (Wildman–Crippen LogP) is 4.54. The van der Waals surface area contributed by atoms with Crippen molar-refractivity contribution in [3.8, 4) is 0 Å². The fourth-order valence-corrected chi connectivity index (χ4v) is 3.09. The maximum Gasteiger partial charge on any atom is 0.225 e. The van der Waals surface area contributed by atoms with Crippen molar-refractivity contribution in [1.29, 1.82) is 0 Å². The number of carbonyl (C=O) groups is 1. The summed E-state index contributed by atoms with van der Waals surface area (Å²) >= 11 is 5.92. The third-order valence-electron chi connectivity index (χ3n) is 3.89. The van der Waals surface area contributed by atoms with Crippen LogP contribution in [0.1, 0.15) is 29.9 Å². The van der Waals surface area contributed by atoms with Gasteiger partial charge in [0.25, 0.3) is 0 Å². The Labute approximate surface area is 127 Å². The molecule has 1 amide bonds. The Morgan fingerprint density at radius 1 is 1.29 bits per heavy atom. The summed E-state index contributed by atoms with van der Waals surface area (Å²) < 4.78 is 13.0. The molecular weight excluding hydrogens is 289 g/mol. The molecule has 1 aliphatic carbocycles. The minimum absolute atomic E-state index is 0.0924. The summed E-state index contributed by atoms with van der Waals surface area (Å²) in [6.45, 7) is 0. The van der Waals surface area contributed by atoms with Crippen LogP contribution in [-0.2, 0) is 11.2 Å². The lowest BCUT2D eigenvalue weighted by molar-refractivity contribution is -0.116. The van der Waals surface area contributed by atoms with E-state index in [2.05, 4.69) is 17.4 Å². The van der Waals surface area contributed by atoms with Gasteiger partial charge >= 0.3 is 0 Å². The average Bonchev–Trinajstić information content (AvgIpc) is 2.85. The van der Waals surface area contributed by atoms with Crippen molar-refractivity contribution in [3.63, 3.8) is 0 Å². The first kappa shape index (κ1) is 14.1. The van der Waals surface area contributed by atoms with Gasteiger partial charge in [0.1, 0.15) is 5.82 Å². The highest BCUT2D eigenvalue weighted by molar-refractivity contribution is 6.33. The summed E-state index contributed by atoms with van der Waals surface area (Å²) in [5.74, 6) is -0.256. The second-order valence-electron chi connectivity index (χ2n) is 5.31. The zero-order valence-electron chi connectivity index (χ0n) is 11.4.